The fraction of sp³-hybridized carbons (Fsp3) is 0.429. The van der Waals surface area contributed by atoms with Crippen molar-refractivity contribution >= 4 is 10.9 Å². The van der Waals surface area contributed by atoms with Crippen LogP contribution in [-0.2, 0) is 7.05 Å². The van der Waals surface area contributed by atoms with E-state index in [0.717, 1.165) is 39.1 Å². The molecule has 2 rings (SSSR count). The molecule has 0 aliphatic carbocycles. The number of fused-ring (bicyclic) bond motifs is 1. The van der Waals surface area contributed by atoms with Gasteiger partial charge in [0.05, 0.1) is 16.6 Å². The Morgan fingerprint density at radius 2 is 1.53 bits per heavy atom. The molecule has 0 spiro atoms. The highest BCUT2D eigenvalue weighted by Crippen LogP contribution is 2.21. The van der Waals surface area contributed by atoms with Crippen LogP contribution in [0.15, 0.2) is 4.79 Å². The molecule has 17 heavy (non-hydrogen) atoms. The molecule has 0 N–H and O–H groups in total. The van der Waals surface area contributed by atoms with Crippen molar-refractivity contribution < 1.29 is 0 Å². The fourth-order valence-electron chi connectivity index (χ4n) is 2.39. The molecule has 0 atom stereocenters. The minimum Gasteiger partial charge on any atom is -0.346 e. The van der Waals surface area contributed by atoms with Crippen molar-refractivity contribution in [1.29, 1.82) is 0 Å². The molecular formula is C14H18N2O. The summed E-state index contributed by atoms with van der Waals surface area (Å²) < 4.78 is 2.07. The van der Waals surface area contributed by atoms with Crippen LogP contribution in [0.1, 0.15) is 28.2 Å². The second kappa shape index (κ2) is 3.69. The third kappa shape index (κ3) is 1.49. The van der Waals surface area contributed by atoms with Gasteiger partial charge in [0, 0.05) is 24.0 Å². The van der Waals surface area contributed by atoms with E-state index in [1.807, 2.05) is 41.7 Å². The molecule has 2 aromatic rings. The van der Waals surface area contributed by atoms with Gasteiger partial charge in [-0.3, -0.25) is 9.78 Å². The fourth-order valence-corrected chi connectivity index (χ4v) is 2.39. The van der Waals surface area contributed by atoms with E-state index in [9.17, 15) is 4.79 Å². The largest absolute Gasteiger partial charge is 0.346 e. The van der Waals surface area contributed by atoms with Gasteiger partial charge in [-0.05, 0) is 40.2 Å². The normalized spacial score (nSPS) is 11.2. The first-order valence-electron chi connectivity index (χ1n) is 5.80. The molecule has 0 bridgehead atoms. The number of hydrogen-bond acceptors (Lipinski definition) is 2. The zero-order valence-corrected chi connectivity index (χ0v) is 11.3. The molecule has 0 aromatic carbocycles. The Balaban J connectivity index is 3.23. The smallest absolute Gasteiger partial charge is 0.192 e. The number of rotatable bonds is 0. The van der Waals surface area contributed by atoms with Crippen LogP contribution in [0, 0.1) is 34.6 Å². The van der Waals surface area contributed by atoms with E-state index in [2.05, 4.69) is 9.55 Å². The first-order chi connectivity index (χ1) is 7.86. The Morgan fingerprint density at radius 3 is 2.12 bits per heavy atom. The van der Waals surface area contributed by atoms with E-state index in [-0.39, 0.29) is 5.43 Å². The van der Waals surface area contributed by atoms with Gasteiger partial charge in [-0.15, -0.1) is 0 Å². The topological polar surface area (TPSA) is 34.9 Å². The molecular weight excluding hydrogens is 212 g/mol. The maximum absolute atomic E-state index is 12.4. The van der Waals surface area contributed by atoms with Crippen LogP contribution in [0.5, 0.6) is 0 Å². The zero-order valence-electron chi connectivity index (χ0n) is 11.3. The van der Waals surface area contributed by atoms with E-state index < -0.39 is 0 Å². The Morgan fingerprint density at radius 1 is 0.941 bits per heavy atom. The van der Waals surface area contributed by atoms with Crippen LogP contribution < -0.4 is 5.43 Å². The quantitative estimate of drug-likeness (QED) is 0.697. The Hall–Kier alpha value is -1.64. The van der Waals surface area contributed by atoms with Crippen LogP contribution in [0.3, 0.4) is 0 Å². The molecule has 2 aromatic heterocycles. The van der Waals surface area contributed by atoms with E-state index in [4.69, 9.17) is 0 Å². The van der Waals surface area contributed by atoms with Gasteiger partial charge < -0.3 is 4.57 Å². The van der Waals surface area contributed by atoms with E-state index >= 15 is 0 Å². The summed E-state index contributed by atoms with van der Waals surface area (Å²) in [6.45, 7) is 9.76. The summed E-state index contributed by atoms with van der Waals surface area (Å²) in [7, 11) is 1.99. The average molecular weight is 230 g/mol. The van der Waals surface area contributed by atoms with Gasteiger partial charge in [0.25, 0.3) is 0 Å². The maximum atomic E-state index is 12.4. The molecule has 0 aliphatic heterocycles. The van der Waals surface area contributed by atoms with E-state index in [0.29, 0.717) is 0 Å². The zero-order chi connectivity index (χ0) is 12.9. The summed E-state index contributed by atoms with van der Waals surface area (Å²) >= 11 is 0. The molecule has 0 aliphatic rings. The summed E-state index contributed by atoms with van der Waals surface area (Å²) in [5.41, 5.74) is 5.79. The number of pyridine rings is 2. The van der Waals surface area contributed by atoms with Crippen LogP contribution >= 0.6 is 0 Å². The lowest BCUT2D eigenvalue weighted by Gasteiger charge is -2.16. The van der Waals surface area contributed by atoms with Gasteiger partial charge >= 0.3 is 0 Å². The molecule has 2 heterocycles. The Kier molecular flexibility index (Phi) is 2.57. The monoisotopic (exact) mass is 230 g/mol. The highest BCUT2D eigenvalue weighted by Gasteiger charge is 2.15. The van der Waals surface area contributed by atoms with Crippen LogP contribution in [0.4, 0.5) is 0 Å². The summed E-state index contributed by atoms with van der Waals surface area (Å²) in [5.74, 6) is 0. The lowest BCUT2D eigenvalue weighted by atomic mass is 10.0. The van der Waals surface area contributed by atoms with E-state index in [1.54, 1.807) is 0 Å². The van der Waals surface area contributed by atoms with Crippen molar-refractivity contribution in [2.75, 3.05) is 0 Å². The molecule has 0 saturated heterocycles. The van der Waals surface area contributed by atoms with Crippen LogP contribution in [0.2, 0.25) is 0 Å². The average Bonchev–Trinajstić information content (AvgIpc) is 2.28. The number of nitrogens with zero attached hydrogens (tertiary/aromatic N) is 2. The lowest BCUT2D eigenvalue weighted by Crippen LogP contribution is -2.17. The van der Waals surface area contributed by atoms with Gasteiger partial charge in [0.1, 0.15) is 0 Å². The van der Waals surface area contributed by atoms with Crippen molar-refractivity contribution in [2.45, 2.75) is 34.6 Å². The molecule has 0 amide bonds. The van der Waals surface area contributed by atoms with Crippen LogP contribution in [0.25, 0.3) is 10.9 Å². The minimum absolute atomic E-state index is 0.140. The van der Waals surface area contributed by atoms with Gasteiger partial charge in [-0.1, -0.05) is 0 Å². The number of hydrogen-bond donors (Lipinski definition) is 0. The van der Waals surface area contributed by atoms with Crippen molar-refractivity contribution in [1.82, 2.24) is 9.55 Å². The van der Waals surface area contributed by atoms with Crippen molar-refractivity contribution in [3.63, 3.8) is 0 Å². The summed E-state index contributed by atoms with van der Waals surface area (Å²) in [6, 6.07) is 0. The van der Waals surface area contributed by atoms with Crippen molar-refractivity contribution in [3.8, 4) is 0 Å². The minimum atomic E-state index is 0.140. The molecule has 90 valence electrons. The molecule has 0 radical (unpaired) electrons. The standard InChI is InChI=1S/C14H18N2O/c1-7-9(3)15-10(4)13-12(7)14(17)8(2)11(5)16(13)6/h1-6H3. The second-order valence-electron chi connectivity index (χ2n) is 4.73. The van der Waals surface area contributed by atoms with Crippen molar-refractivity contribution in [2.24, 2.45) is 7.05 Å². The molecule has 0 unspecified atom stereocenters. The van der Waals surface area contributed by atoms with Gasteiger partial charge in [-0.2, -0.15) is 0 Å². The highest BCUT2D eigenvalue weighted by molar-refractivity contribution is 5.85. The highest BCUT2D eigenvalue weighted by atomic mass is 16.1. The first kappa shape index (κ1) is 11.8. The maximum Gasteiger partial charge on any atom is 0.192 e. The summed E-state index contributed by atoms with van der Waals surface area (Å²) in [6.07, 6.45) is 0. The predicted molar refractivity (Wildman–Crippen MR) is 70.7 cm³/mol. The van der Waals surface area contributed by atoms with Gasteiger partial charge in [0.15, 0.2) is 5.43 Å². The van der Waals surface area contributed by atoms with Gasteiger partial charge in [0.2, 0.25) is 0 Å². The van der Waals surface area contributed by atoms with Crippen LogP contribution in [-0.4, -0.2) is 9.55 Å². The molecule has 0 saturated carbocycles. The predicted octanol–water partition coefficient (Wildman–Crippen LogP) is 2.48. The SMILES string of the molecule is Cc1nc(C)c2c(c1C)c(=O)c(C)c(C)n2C. The van der Waals surface area contributed by atoms with Gasteiger partial charge in [-0.25, -0.2) is 0 Å². The third-order valence-corrected chi connectivity index (χ3v) is 3.78. The number of aryl methyl sites for hydroxylation is 4. The molecule has 3 heteroatoms. The first-order valence-corrected chi connectivity index (χ1v) is 5.80. The Labute approximate surface area is 101 Å². The number of aromatic nitrogens is 2. The Bertz CT molecular complexity index is 681. The summed E-state index contributed by atoms with van der Waals surface area (Å²) in [4.78, 5) is 16.9. The third-order valence-electron chi connectivity index (χ3n) is 3.78. The molecule has 3 nitrogen and oxygen atoms in total. The lowest BCUT2D eigenvalue weighted by molar-refractivity contribution is 0.871. The second-order valence-corrected chi connectivity index (χ2v) is 4.73. The summed E-state index contributed by atoms with van der Waals surface area (Å²) in [5, 5.41) is 0.820. The van der Waals surface area contributed by atoms with Crippen molar-refractivity contribution in [3.05, 3.63) is 38.4 Å². The molecule has 0 fully saturated rings. The van der Waals surface area contributed by atoms with E-state index in [1.165, 1.54) is 0 Å².